The molecule has 0 amide bonds. The topological polar surface area (TPSA) is 20.2 Å². The van der Waals surface area contributed by atoms with E-state index in [4.69, 9.17) is 5.02 Å². The Kier molecular flexibility index (Phi) is 1.69. The summed E-state index contributed by atoms with van der Waals surface area (Å²) in [5, 5.41) is 8.97. The van der Waals surface area contributed by atoms with E-state index in [0.29, 0.717) is 0 Å². The monoisotopic (exact) mass is 164 g/mol. The van der Waals surface area contributed by atoms with Crippen LogP contribution >= 0.6 is 0 Å². The van der Waals surface area contributed by atoms with Gasteiger partial charge >= 0.3 is 0 Å². The van der Waals surface area contributed by atoms with Gasteiger partial charge < -0.3 is 5.02 Å². The summed E-state index contributed by atoms with van der Waals surface area (Å²) in [7, 11) is 0.135. The maximum absolute atomic E-state index is 12.8. The van der Waals surface area contributed by atoms with Crippen LogP contribution in [0.25, 0.3) is 0 Å². The highest BCUT2D eigenvalue weighted by Gasteiger charge is 2.44. The predicted molar refractivity (Wildman–Crippen MR) is 46.7 cm³/mol. The third-order valence-corrected chi connectivity index (χ3v) is 2.59. The first-order chi connectivity index (χ1) is 5.77. The Hall–Kier alpha value is -0.825. The van der Waals surface area contributed by atoms with Crippen LogP contribution in [0.4, 0.5) is 4.39 Å². The molecule has 12 heavy (non-hydrogen) atoms. The normalized spacial score (nSPS) is 18.8. The Balaban J connectivity index is 2.34. The molecule has 3 heteroatoms. The molecular weight excluding hydrogens is 154 g/mol. The molecule has 1 aromatic rings. The number of benzene rings is 1. The van der Waals surface area contributed by atoms with Crippen molar-refractivity contribution in [3.05, 3.63) is 35.6 Å². The third-order valence-electron chi connectivity index (χ3n) is 2.59. The first-order valence-electron chi connectivity index (χ1n) is 4.14. The van der Waals surface area contributed by atoms with Gasteiger partial charge in [0.15, 0.2) is 0 Å². The molecule has 1 fully saturated rings. The highest BCUT2D eigenvalue weighted by Crippen LogP contribution is 2.46. The van der Waals surface area contributed by atoms with E-state index in [1.54, 1.807) is 6.07 Å². The van der Waals surface area contributed by atoms with Gasteiger partial charge in [-0.25, -0.2) is 4.39 Å². The first kappa shape index (κ1) is 7.81. The fourth-order valence-electron chi connectivity index (χ4n) is 1.51. The minimum absolute atomic E-state index is 0.109. The van der Waals surface area contributed by atoms with Gasteiger partial charge in [-0.05, 0) is 35.9 Å². The SMILES string of the molecule is OBC1(c2cccc(F)c2)CC1. The molecule has 0 heterocycles. The lowest BCUT2D eigenvalue weighted by atomic mass is 9.71. The zero-order valence-corrected chi connectivity index (χ0v) is 6.76. The van der Waals surface area contributed by atoms with E-state index in [9.17, 15) is 4.39 Å². The Labute approximate surface area is 71.5 Å². The molecule has 1 aromatic carbocycles. The molecule has 62 valence electrons. The van der Waals surface area contributed by atoms with Crippen LogP contribution < -0.4 is 0 Å². The standard InChI is InChI=1S/C9H10BFO/c11-8-3-1-2-7(6-8)9(10-12)4-5-9/h1-3,6,10,12H,4-5H2. The minimum atomic E-state index is -0.216. The average Bonchev–Trinajstić information content (AvgIpc) is 2.84. The van der Waals surface area contributed by atoms with Gasteiger partial charge in [0.05, 0.1) is 0 Å². The largest absolute Gasteiger partial charge is 0.453 e. The van der Waals surface area contributed by atoms with Gasteiger partial charge in [-0.3, -0.25) is 0 Å². The summed E-state index contributed by atoms with van der Waals surface area (Å²) in [6, 6.07) is 6.52. The third kappa shape index (κ3) is 1.14. The lowest BCUT2D eigenvalue weighted by Crippen LogP contribution is -2.15. The zero-order valence-electron chi connectivity index (χ0n) is 6.76. The quantitative estimate of drug-likeness (QED) is 0.650. The Morgan fingerprint density at radius 1 is 1.42 bits per heavy atom. The van der Waals surface area contributed by atoms with Crippen molar-refractivity contribution in [2.75, 3.05) is 0 Å². The molecule has 0 radical (unpaired) electrons. The van der Waals surface area contributed by atoms with Crippen molar-refractivity contribution in [1.29, 1.82) is 0 Å². The Bertz CT molecular complexity index is 296. The second kappa shape index (κ2) is 2.59. The molecule has 0 saturated heterocycles. The lowest BCUT2D eigenvalue weighted by molar-refractivity contribution is 0.575. The Morgan fingerprint density at radius 3 is 2.67 bits per heavy atom. The minimum Gasteiger partial charge on any atom is -0.453 e. The van der Waals surface area contributed by atoms with E-state index in [-0.39, 0.29) is 18.6 Å². The van der Waals surface area contributed by atoms with Crippen LogP contribution in [-0.4, -0.2) is 12.5 Å². The van der Waals surface area contributed by atoms with Gasteiger partial charge in [0, 0.05) is 0 Å². The maximum atomic E-state index is 12.8. The maximum Gasteiger partial charge on any atom is 0.281 e. The zero-order chi connectivity index (χ0) is 8.60. The van der Waals surface area contributed by atoms with E-state index < -0.39 is 0 Å². The molecule has 1 aliphatic rings. The molecular formula is C9H10BFO. The van der Waals surface area contributed by atoms with Crippen molar-refractivity contribution >= 4 is 7.48 Å². The van der Waals surface area contributed by atoms with E-state index >= 15 is 0 Å². The van der Waals surface area contributed by atoms with Gasteiger partial charge in [0.25, 0.3) is 7.48 Å². The van der Waals surface area contributed by atoms with E-state index in [1.165, 1.54) is 12.1 Å². The predicted octanol–water partition coefficient (Wildman–Crippen LogP) is 1.16. The fourth-order valence-corrected chi connectivity index (χ4v) is 1.51. The summed E-state index contributed by atoms with van der Waals surface area (Å²) in [5.74, 6) is -0.216. The smallest absolute Gasteiger partial charge is 0.281 e. The molecule has 0 atom stereocenters. The summed E-state index contributed by atoms with van der Waals surface area (Å²) < 4.78 is 12.8. The van der Waals surface area contributed by atoms with Crippen LogP contribution in [0.2, 0.25) is 0 Å². The first-order valence-corrected chi connectivity index (χ1v) is 4.14. The van der Waals surface area contributed by atoms with E-state index in [0.717, 1.165) is 18.4 Å². The molecule has 0 aromatic heterocycles. The highest BCUT2D eigenvalue weighted by atomic mass is 19.1. The Morgan fingerprint density at radius 2 is 2.17 bits per heavy atom. The number of rotatable bonds is 2. The number of hydrogen-bond acceptors (Lipinski definition) is 1. The second-order valence-corrected chi connectivity index (χ2v) is 3.45. The molecule has 0 aliphatic heterocycles. The van der Waals surface area contributed by atoms with E-state index in [2.05, 4.69) is 0 Å². The molecule has 1 aliphatic carbocycles. The van der Waals surface area contributed by atoms with Gasteiger partial charge in [0.2, 0.25) is 0 Å². The molecule has 0 spiro atoms. The summed E-state index contributed by atoms with van der Waals surface area (Å²) >= 11 is 0. The van der Waals surface area contributed by atoms with Crippen LogP contribution in [0, 0.1) is 5.82 Å². The lowest BCUT2D eigenvalue weighted by Gasteiger charge is -2.09. The van der Waals surface area contributed by atoms with Crippen molar-refractivity contribution in [1.82, 2.24) is 0 Å². The number of halogens is 1. The van der Waals surface area contributed by atoms with Gasteiger partial charge in [-0.1, -0.05) is 12.1 Å². The molecule has 1 N–H and O–H groups in total. The van der Waals surface area contributed by atoms with Crippen molar-refractivity contribution in [2.45, 2.75) is 18.2 Å². The van der Waals surface area contributed by atoms with Crippen LogP contribution in [0.15, 0.2) is 24.3 Å². The average molecular weight is 164 g/mol. The fraction of sp³-hybridized carbons (Fsp3) is 0.333. The summed E-state index contributed by atoms with van der Waals surface area (Å²) in [5.41, 5.74) is 0.935. The van der Waals surface area contributed by atoms with Crippen molar-refractivity contribution in [3.8, 4) is 0 Å². The van der Waals surface area contributed by atoms with Gasteiger partial charge in [-0.2, -0.15) is 0 Å². The van der Waals surface area contributed by atoms with Gasteiger partial charge in [0.1, 0.15) is 5.82 Å². The summed E-state index contributed by atoms with van der Waals surface area (Å²) in [4.78, 5) is 0. The van der Waals surface area contributed by atoms with Crippen LogP contribution in [0.3, 0.4) is 0 Å². The highest BCUT2D eigenvalue weighted by molar-refractivity contribution is 6.32. The molecule has 0 bridgehead atoms. The molecule has 1 saturated carbocycles. The summed E-state index contributed by atoms with van der Waals surface area (Å²) in [6.45, 7) is 0. The number of hydrogen-bond donors (Lipinski definition) is 1. The van der Waals surface area contributed by atoms with Crippen LogP contribution in [0.1, 0.15) is 18.4 Å². The van der Waals surface area contributed by atoms with Crippen LogP contribution in [-0.2, 0) is 5.31 Å². The molecule has 1 nitrogen and oxygen atoms in total. The van der Waals surface area contributed by atoms with Crippen LogP contribution in [0.5, 0.6) is 0 Å². The van der Waals surface area contributed by atoms with E-state index in [1.807, 2.05) is 6.07 Å². The molecule has 2 rings (SSSR count). The van der Waals surface area contributed by atoms with Gasteiger partial charge in [-0.15, -0.1) is 0 Å². The molecule has 0 unspecified atom stereocenters. The summed E-state index contributed by atoms with van der Waals surface area (Å²) in [6.07, 6.45) is 1.96. The van der Waals surface area contributed by atoms with Crippen molar-refractivity contribution < 1.29 is 9.41 Å². The second-order valence-electron chi connectivity index (χ2n) is 3.45. The van der Waals surface area contributed by atoms with Crippen molar-refractivity contribution in [3.63, 3.8) is 0 Å². The van der Waals surface area contributed by atoms with Crippen molar-refractivity contribution in [2.24, 2.45) is 0 Å².